The van der Waals surface area contributed by atoms with Crippen molar-refractivity contribution in [1.29, 1.82) is 0 Å². The second kappa shape index (κ2) is 8.05. The van der Waals surface area contributed by atoms with E-state index in [4.69, 9.17) is 20.8 Å². The van der Waals surface area contributed by atoms with Gasteiger partial charge in [0.2, 0.25) is 15.7 Å². The summed E-state index contributed by atoms with van der Waals surface area (Å²) in [7, 11) is -3.82. The lowest BCUT2D eigenvalue weighted by Gasteiger charge is -2.19. The maximum absolute atomic E-state index is 12.4. The summed E-state index contributed by atoms with van der Waals surface area (Å²) in [6.45, 7) is 5.42. The number of halogens is 1. The fraction of sp³-hybridized carbons (Fsp3) is 0.438. The van der Waals surface area contributed by atoms with Crippen molar-refractivity contribution in [3.8, 4) is 0 Å². The maximum Gasteiger partial charge on any atom is 0.407 e. The summed E-state index contributed by atoms with van der Waals surface area (Å²) in [5.74, 6) is -0.247. The van der Waals surface area contributed by atoms with E-state index in [9.17, 15) is 13.2 Å². The number of ether oxygens (including phenoxy) is 1. The van der Waals surface area contributed by atoms with Gasteiger partial charge in [-0.05, 0) is 32.4 Å². The normalized spacial score (nSPS) is 12.0. The van der Waals surface area contributed by atoms with Crippen LogP contribution in [0.1, 0.15) is 32.2 Å². The van der Waals surface area contributed by atoms with E-state index in [1.807, 2.05) is 0 Å². The summed E-state index contributed by atoms with van der Waals surface area (Å²) in [5, 5.41) is 9.67. The molecule has 0 radical (unpaired) electrons. The van der Waals surface area contributed by atoms with Gasteiger partial charge in [0.05, 0.1) is 5.75 Å². The van der Waals surface area contributed by atoms with Gasteiger partial charge in [-0.3, -0.25) is 0 Å². The van der Waals surface area contributed by atoms with Crippen LogP contribution in [-0.4, -0.2) is 36.9 Å². The summed E-state index contributed by atoms with van der Waals surface area (Å²) in [4.78, 5) is 11.5. The van der Waals surface area contributed by atoms with Crippen LogP contribution in [0.4, 0.5) is 4.79 Å². The van der Waals surface area contributed by atoms with Crippen LogP contribution >= 0.6 is 11.6 Å². The summed E-state index contributed by atoms with van der Waals surface area (Å²) in [6, 6.07) is 6.62. The molecule has 0 atom stereocenters. The molecule has 26 heavy (non-hydrogen) atoms. The number of nitrogens with one attached hydrogen (secondary N) is 1. The molecule has 0 aliphatic rings. The summed E-state index contributed by atoms with van der Waals surface area (Å²) < 4.78 is 35.0. The number of alkyl carbamates (subject to hydrolysis) is 1. The van der Waals surface area contributed by atoms with Crippen molar-refractivity contribution < 1.29 is 22.4 Å². The van der Waals surface area contributed by atoms with E-state index in [2.05, 4.69) is 15.5 Å². The Hall–Kier alpha value is -2.13. The number of benzene rings is 1. The van der Waals surface area contributed by atoms with E-state index >= 15 is 0 Å². The molecular weight excluding hydrogens is 382 g/mol. The van der Waals surface area contributed by atoms with Crippen molar-refractivity contribution in [3.63, 3.8) is 0 Å². The lowest BCUT2D eigenvalue weighted by atomic mass is 10.2. The lowest BCUT2D eigenvalue weighted by Crippen LogP contribution is -2.33. The number of sulfone groups is 1. The van der Waals surface area contributed by atoms with E-state index in [1.165, 1.54) is 0 Å². The van der Waals surface area contributed by atoms with Gasteiger partial charge in [-0.1, -0.05) is 34.9 Å². The van der Waals surface area contributed by atoms with Gasteiger partial charge in [-0.15, -0.1) is 5.10 Å². The fourth-order valence-corrected chi connectivity index (χ4v) is 3.39. The zero-order chi connectivity index (χ0) is 19.4. The smallest absolute Gasteiger partial charge is 0.407 e. The van der Waals surface area contributed by atoms with Crippen LogP contribution in [0.25, 0.3) is 0 Å². The number of hydrogen-bond acceptors (Lipinski definition) is 7. The highest BCUT2D eigenvalue weighted by molar-refractivity contribution is 7.90. The van der Waals surface area contributed by atoms with Crippen molar-refractivity contribution in [3.05, 3.63) is 40.7 Å². The van der Waals surface area contributed by atoms with E-state index in [0.717, 1.165) is 0 Å². The zero-order valence-electron chi connectivity index (χ0n) is 14.7. The van der Waals surface area contributed by atoms with Crippen LogP contribution in [-0.2, 0) is 26.7 Å². The van der Waals surface area contributed by atoms with Gasteiger partial charge in [-0.25, -0.2) is 13.2 Å². The molecule has 0 bridgehead atoms. The summed E-state index contributed by atoms with van der Waals surface area (Å²) in [5.41, 5.74) is -0.158. The molecule has 0 saturated heterocycles. The number of aromatic nitrogens is 2. The van der Waals surface area contributed by atoms with Crippen LogP contribution in [0, 0.1) is 0 Å². The molecule has 1 N–H and O–H groups in total. The number of carbonyl (C=O) groups excluding carboxylic acids is 1. The Bertz CT molecular complexity index is 874. The molecule has 0 aliphatic carbocycles. The van der Waals surface area contributed by atoms with Crippen molar-refractivity contribution in [2.75, 3.05) is 6.54 Å². The number of hydrogen-bond donors (Lipinski definition) is 1. The highest BCUT2D eigenvalue weighted by Gasteiger charge is 2.24. The first-order chi connectivity index (χ1) is 12.1. The molecule has 1 aromatic carbocycles. The SMILES string of the molecule is CC(C)(C)OC(=O)NCCc1nnc(S(=O)(=O)Cc2ccccc2Cl)o1. The molecule has 0 fully saturated rings. The predicted molar refractivity (Wildman–Crippen MR) is 94.6 cm³/mol. The molecule has 8 nitrogen and oxygen atoms in total. The van der Waals surface area contributed by atoms with E-state index < -0.39 is 26.8 Å². The Morgan fingerprint density at radius 2 is 1.96 bits per heavy atom. The first kappa shape index (κ1) is 20.2. The van der Waals surface area contributed by atoms with E-state index in [1.54, 1.807) is 45.0 Å². The number of rotatable bonds is 6. The van der Waals surface area contributed by atoms with Gasteiger partial charge in [0.1, 0.15) is 5.60 Å². The van der Waals surface area contributed by atoms with Gasteiger partial charge in [0.15, 0.2) is 0 Å². The molecule has 0 aliphatic heterocycles. The first-order valence-electron chi connectivity index (χ1n) is 7.82. The minimum absolute atomic E-state index is 0.0961. The van der Waals surface area contributed by atoms with Crippen molar-refractivity contribution >= 4 is 27.5 Å². The molecule has 1 aromatic heterocycles. The Balaban J connectivity index is 1.94. The third-order valence-corrected chi connectivity index (χ3v) is 4.78. The Labute approximate surface area is 156 Å². The monoisotopic (exact) mass is 401 g/mol. The highest BCUT2D eigenvalue weighted by Crippen LogP contribution is 2.21. The molecule has 1 heterocycles. The van der Waals surface area contributed by atoms with Crippen molar-refractivity contribution in [2.45, 2.75) is 43.8 Å². The molecule has 1 amide bonds. The minimum atomic E-state index is -3.82. The lowest BCUT2D eigenvalue weighted by molar-refractivity contribution is 0.0527. The summed E-state index contributed by atoms with van der Waals surface area (Å²) >= 11 is 5.98. The Morgan fingerprint density at radius 3 is 2.62 bits per heavy atom. The van der Waals surface area contributed by atoms with Gasteiger partial charge >= 0.3 is 11.3 Å². The van der Waals surface area contributed by atoms with Crippen LogP contribution in [0.3, 0.4) is 0 Å². The second-order valence-corrected chi connectivity index (χ2v) is 8.77. The van der Waals surface area contributed by atoms with Gasteiger partial charge in [0.25, 0.3) is 0 Å². The molecule has 2 rings (SSSR count). The third kappa shape index (κ3) is 5.99. The third-order valence-electron chi connectivity index (χ3n) is 3.02. The molecule has 10 heteroatoms. The van der Waals surface area contributed by atoms with E-state index in [0.29, 0.717) is 10.6 Å². The quantitative estimate of drug-likeness (QED) is 0.791. The molecule has 142 valence electrons. The van der Waals surface area contributed by atoms with Crippen LogP contribution in [0.15, 0.2) is 33.9 Å². The van der Waals surface area contributed by atoms with E-state index in [-0.39, 0.29) is 24.6 Å². The van der Waals surface area contributed by atoms with Crippen molar-refractivity contribution in [2.24, 2.45) is 0 Å². The second-order valence-electron chi connectivity index (χ2n) is 6.49. The molecule has 0 unspecified atom stereocenters. The molecule has 0 saturated carbocycles. The van der Waals surface area contributed by atoms with Crippen LogP contribution in [0.2, 0.25) is 5.02 Å². The number of carbonyl (C=O) groups is 1. The first-order valence-corrected chi connectivity index (χ1v) is 9.85. The van der Waals surface area contributed by atoms with Gasteiger partial charge in [0, 0.05) is 18.0 Å². The fourth-order valence-electron chi connectivity index (χ4n) is 1.93. The van der Waals surface area contributed by atoms with Crippen LogP contribution in [0.5, 0.6) is 0 Å². The molecule has 2 aromatic rings. The summed E-state index contributed by atoms with van der Waals surface area (Å²) in [6.07, 6.45) is -0.406. The number of nitrogens with zero attached hydrogens (tertiary/aromatic N) is 2. The topological polar surface area (TPSA) is 111 Å². The van der Waals surface area contributed by atoms with Gasteiger partial charge in [-0.2, -0.15) is 0 Å². The maximum atomic E-state index is 12.4. The van der Waals surface area contributed by atoms with Gasteiger partial charge < -0.3 is 14.5 Å². The standard InChI is InChI=1S/C16H20ClN3O5S/c1-16(2,3)25-14(21)18-9-8-13-19-20-15(24-13)26(22,23)10-11-6-4-5-7-12(11)17/h4-7H,8-10H2,1-3H3,(H,18,21). The zero-order valence-corrected chi connectivity index (χ0v) is 16.2. The largest absolute Gasteiger partial charge is 0.444 e. The van der Waals surface area contributed by atoms with Crippen molar-refractivity contribution in [1.82, 2.24) is 15.5 Å². The Morgan fingerprint density at radius 1 is 1.27 bits per heavy atom. The molecular formula is C16H20ClN3O5S. The predicted octanol–water partition coefficient (Wildman–Crippen LogP) is 2.76. The average molecular weight is 402 g/mol. The minimum Gasteiger partial charge on any atom is -0.444 e. The average Bonchev–Trinajstić information content (AvgIpc) is 2.97. The number of amides is 1. The molecule has 0 spiro atoms. The Kier molecular flexibility index (Phi) is 6.25. The van der Waals surface area contributed by atoms with Crippen LogP contribution < -0.4 is 5.32 Å². The highest BCUT2D eigenvalue weighted by atomic mass is 35.5.